The zero-order chi connectivity index (χ0) is 17.6. The summed E-state index contributed by atoms with van der Waals surface area (Å²) in [6, 6.07) is 6.08. The minimum absolute atomic E-state index is 0.0287. The Morgan fingerprint density at radius 1 is 1.04 bits per heavy atom. The van der Waals surface area contributed by atoms with E-state index in [0.717, 1.165) is 17.1 Å². The topological polar surface area (TPSA) is 108 Å². The standard InChI is InChI=1S/C15H9FN6O3/c16-10-4-12(6-17-5-10)20-8-9-3-11(1-2-13(9)19-20)21-15(24)22(25)14(23)7-18-21/h1-8,25H. The Kier molecular flexibility index (Phi) is 3.17. The molecular formula is C15H9FN6O3. The number of aromatic nitrogens is 6. The van der Waals surface area contributed by atoms with E-state index in [0.29, 0.717) is 22.3 Å². The van der Waals surface area contributed by atoms with Crippen molar-refractivity contribution in [2.45, 2.75) is 0 Å². The van der Waals surface area contributed by atoms with Gasteiger partial charge in [-0.05, 0) is 18.2 Å². The summed E-state index contributed by atoms with van der Waals surface area (Å²) in [7, 11) is 0. The van der Waals surface area contributed by atoms with Crippen LogP contribution in [0, 0.1) is 5.82 Å². The van der Waals surface area contributed by atoms with Crippen LogP contribution in [0.5, 0.6) is 0 Å². The Morgan fingerprint density at radius 2 is 1.88 bits per heavy atom. The minimum atomic E-state index is -0.992. The molecule has 10 heteroatoms. The summed E-state index contributed by atoms with van der Waals surface area (Å²) in [4.78, 5) is 26.9. The molecular weight excluding hydrogens is 331 g/mol. The Bertz CT molecular complexity index is 1230. The van der Waals surface area contributed by atoms with Crippen molar-refractivity contribution in [3.8, 4) is 11.4 Å². The number of nitrogens with zero attached hydrogens (tertiary/aromatic N) is 6. The SMILES string of the molecule is O=c1cnn(-c2ccc3nn(-c4cncc(F)c4)cc3c2)c(=O)n1O. The van der Waals surface area contributed by atoms with E-state index < -0.39 is 17.1 Å². The Balaban J connectivity index is 1.85. The van der Waals surface area contributed by atoms with Gasteiger partial charge in [-0.15, -0.1) is 0 Å². The molecule has 3 aromatic heterocycles. The number of benzene rings is 1. The lowest BCUT2D eigenvalue weighted by Gasteiger charge is -2.04. The first kappa shape index (κ1) is 14.8. The summed E-state index contributed by atoms with van der Waals surface area (Å²) in [6.07, 6.45) is 5.01. The molecule has 3 heterocycles. The Morgan fingerprint density at radius 3 is 2.68 bits per heavy atom. The highest BCUT2D eigenvalue weighted by Gasteiger charge is 2.10. The predicted octanol–water partition coefficient (Wildman–Crippen LogP) is 0.504. The highest BCUT2D eigenvalue weighted by Crippen LogP contribution is 2.18. The van der Waals surface area contributed by atoms with Crippen LogP contribution in [0.3, 0.4) is 0 Å². The van der Waals surface area contributed by atoms with Crippen LogP contribution in [0.25, 0.3) is 22.3 Å². The van der Waals surface area contributed by atoms with Crippen molar-refractivity contribution in [2.75, 3.05) is 0 Å². The molecule has 4 rings (SSSR count). The van der Waals surface area contributed by atoms with E-state index in [4.69, 9.17) is 0 Å². The van der Waals surface area contributed by atoms with Crippen molar-refractivity contribution in [1.29, 1.82) is 0 Å². The van der Waals surface area contributed by atoms with Gasteiger partial charge in [0.05, 0.1) is 29.3 Å². The second kappa shape index (κ2) is 5.37. The summed E-state index contributed by atoms with van der Waals surface area (Å²) in [5.74, 6) is -0.487. The van der Waals surface area contributed by atoms with Gasteiger partial charge in [0.15, 0.2) is 0 Å². The molecule has 1 aromatic carbocycles. The molecule has 0 saturated heterocycles. The fourth-order valence-corrected chi connectivity index (χ4v) is 2.38. The predicted molar refractivity (Wildman–Crippen MR) is 83.7 cm³/mol. The van der Waals surface area contributed by atoms with Gasteiger partial charge in [-0.3, -0.25) is 9.78 Å². The lowest BCUT2D eigenvalue weighted by atomic mass is 10.2. The average Bonchev–Trinajstić information content (AvgIpc) is 3.03. The van der Waals surface area contributed by atoms with E-state index in [-0.39, 0.29) is 4.73 Å². The summed E-state index contributed by atoms with van der Waals surface area (Å²) in [6.45, 7) is 0. The molecule has 0 radical (unpaired) electrons. The van der Waals surface area contributed by atoms with Crippen molar-refractivity contribution < 1.29 is 9.60 Å². The minimum Gasteiger partial charge on any atom is -0.421 e. The number of pyridine rings is 1. The molecule has 0 fully saturated rings. The fraction of sp³-hybridized carbons (Fsp3) is 0. The van der Waals surface area contributed by atoms with Crippen LogP contribution in [-0.4, -0.2) is 34.5 Å². The first-order valence-electron chi connectivity index (χ1n) is 7.04. The maximum Gasteiger partial charge on any atom is 0.385 e. The van der Waals surface area contributed by atoms with Crippen LogP contribution in [0.1, 0.15) is 0 Å². The smallest absolute Gasteiger partial charge is 0.385 e. The van der Waals surface area contributed by atoms with Gasteiger partial charge < -0.3 is 5.21 Å². The van der Waals surface area contributed by atoms with Crippen LogP contribution in [-0.2, 0) is 0 Å². The molecule has 0 atom stereocenters. The molecule has 0 spiro atoms. The van der Waals surface area contributed by atoms with Gasteiger partial charge in [-0.25, -0.2) is 13.9 Å². The van der Waals surface area contributed by atoms with E-state index in [1.54, 1.807) is 24.4 Å². The third-order valence-electron chi connectivity index (χ3n) is 3.54. The van der Waals surface area contributed by atoms with Crippen LogP contribution in [0.2, 0.25) is 0 Å². The number of hydrogen-bond acceptors (Lipinski definition) is 6. The molecule has 0 unspecified atom stereocenters. The van der Waals surface area contributed by atoms with E-state index in [2.05, 4.69) is 15.2 Å². The second-order valence-electron chi connectivity index (χ2n) is 5.17. The van der Waals surface area contributed by atoms with Gasteiger partial charge in [0.25, 0.3) is 0 Å². The van der Waals surface area contributed by atoms with Gasteiger partial charge in [0, 0.05) is 17.6 Å². The van der Waals surface area contributed by atoms with Crippen molar-refractivity contribution in [2.24, 2.45) is 0 Å². The summed E-state index contributed by atoms with van der Waals surface area (Å²) < 4.78 is 15.6. The van der Waals surface area contributed by atoms with Crippen LogP contribution >= 0.6 is 0 Å². The molecule has 0 aliphatic rings. The van der Waals surface area contributed by atoms with Gasteiger partial charge in [0.1, 0.15) is 12.0 Å². The van der Waals surface area contributed by atoms with Crippen LogP contribution < -0.4 is 11.2 Å². The highest BCUT2D eigenvalue weighted by molar-refractivity contribution is 5.80. The molecule has 4 aromatic rings. The highest BCUT2D eigenvalue weighted by atomic mass is 19.1. The third kappa shape index (κ3) is 2.45. The number of fused-ring (bicyclic) bond motifs is 1. The van der Waals surface area contributed by atoms with Crippen LogP contribution in [0.15, 0.2) is 58.6 Å². The first-order chi connectivity index (χ1) is 12.0. The van der Waals surface area contributed by atoms with Gasteiger partial charge >= 0.3 is 11.2 Å². The number of hydrogen-bond donors (Lipinski definition) is 1. The maximum absolute atomic E-state index is 13.3. The van der Waals surface area contributed by atoms with Crippen molar-refractivity contribution in [3.63, 3.8) is 0 Å². The van der Waals surface area contributed by atoms with Gasteiger partial charge in [-0.1, -0.05) is 4.73 Å². The van der Waals surface area contributed by atoms with E-state index >= 15 is 0 Å². The normalized spacial score (nSPS) is 11.1. The van der Waals surface area contributed by atoms with Crippen molar-refractivity contribution >= 4 is 10.9 Å². The van der Waals surface area contributed by atoms with Gasteiger partial charge in [0.2, 0.25) is 0 Å². The average molecular weight is 340 g/mol. The molecule has 9 nitrogen and oxygen atoms in total. The third-order valence-corrected chi connectivity index (χ3v) is 3.54. The van der Waals surface area contributed by atoms with Crippen LogP contribution in [0.4, 0.5) is 4.39 Å². The summed E-state index contributed by atoms with van der Waals surface area (Å²) in [5, 5.41) is 18.1. The molecule has 0 aliphatic heterocycles. The monoisotopic (exact) mass is 340 g/mol. The quantitative estimate of drug-likeness (QED) is 0.533. The zero-order valence-corrected chi connectivity index (χ0v) is 12.4. The number of rotatable bonds is 2. The van der Waals surface area contributed by atoms with E-state index in [9.17, 15) is 19.2 Å². The molecule has 1 N–H and O–H groups in total. The lowest BCUT2D eigenvalue weighted by Crippen LogP contribution is -2.38. The number of halogens is 1. The molecule has 0 saturated carbocycles. The lowest BCUT2D eigenvalue weighted by molar-refractivity contribution is 0.154. The largest absolute Gasteiger partial charge is 0.421 e. The Labute approximate surface area is 137 Å². The maximum atomic E-state index is 13.3. The van der Waals surface area contributed by atoms with Gasteiger partial charge in [-0.2, -0.15) is 14.9 Å². The first-order valence-corrected chi connectivity index (χ1v) is 7.04. The molecule has 0 aliphatic carbocycles. The second-order valence-corrected chi connectivity index (χ2v) is 5.17. The zero-order valence-electron chi connectivity index (χ0n) is 12.4. The molecule has 0 bridgehead atoms. The van der Waals surface area contributed by atoms with E-state index in [1.807, 2.05) is 0 Å². The van der Waals surface area contributed by atoms with Crippen molar-refractivity contribution in [1.82, 2.24) is 29.3 Å². The fourth-order valence-electron chi connectivity index (χ4n) is 2.38. The Hall–Kier alpha value is -3.82. The van der Waals surface area contributed by atoms with E-state index in [1.165, 1.54) is 16.9 Å². The summed E-state index contributed by atoms with van der Waals surface area (Å²) in [5.41, 5.74) is -0.546. The molecule has 0 amide bonds. The van der Waals surface area contributed by atoms with Crippen molar-refractivity contribution in [3.05, 3.63) is 75.7 Å². The summed E-state index contributed by atoms with van der Waals surface area (Å²) >= 11 is 0. The molecule has 25 heavy (non-hydrogen) atoms. The molecule has 124 valence electrons.